The van der Waals surface area contributed by atoms with Crippen LogP contribution in [-0.4, -0.2) is 56.6 Å². The molecule has 202 valence electrons. The first-order chi connectivity index (χ1) is 17.5. The zero-order valence-electron chi connectivity index (χ0n) is 20.9. The molecule has 0 radical (unpaired) electrons. The Morgan fingerprint density at radius 3 is 2.24 bits per heavy atom. The third-order valence-corrected chi connectivity index (χ3v) is 8.69. The number of sulfonamides is 1. The van der Waals surface area contributed by atoms with E-state index in [1.165, 1.54) is 17.0 Å². The summed E-state index contributed by atoms with van der Waals surface area (Å²) in [6.07, 6.45) is 6.57. The van der Waals surface area contributed by atoms with Crippen LogP contribution < -0.4 is 9.62 Å². The van der Waals surface area contributed by atoms with E-state index in [9.17, 15) is 18.0 Å². The van der Waals surface area contributed by atoms with E-state index in [-0.39, 0.29) is 39.2 Å². The summed E-state index contributed by atoms with van der Waals surface area (Å²) >= 11 is 18.4. The van der Waals surface area contributed by atoms with Gasteiger partial charge in [-0.25, -0.2) is 8.42 Å². The molecule has 0 spiro atoms. The first-order valence-corrected chi connectivity index (χ1v) is 15.2. The summed E-state index contributed by atoms with van der Waals surface area (Å²) in [7, 11) is -3.94. The average Bonchev–Trinajstić information content (AvgIpc) is 2.85. The number of hydrogen-bond donors (Lipinski definition) is 1. The van der Waals surface area contributed by atoms with E-state index in [1.54, 1.807) is 6.92 Å². The second-order valence-corrected chi connectivity index (χ2v) is 12.5. The van der Waals surface area contributed by atoms with E-state index in [0.717, 1.165) is 48.2 Å². The van der Waals surface area contributed by atoms with Crippen molar-refractivity contribution < 1.29 is 18.0 Å². The van der Waals surface area contributed by atoms with E-state index in [2.05, 4.69) is 5.32 Å². The van der Waals surface area contributed by atoms with Crippen molar-refractivity contribution in [3.63, 3.8) is 0 Å². The van der Waals surface area contributed by atoms with E-state index in [1.807, 2.05) is 30.3 Å². The number of carbonyl (C=O) groups excluding carboxylic acids is 2. The third-order valence-electron chi connectivity index (χ3n) is 6.54. The zero-order chi connectivity index (χ0) is 27.2. The van der Waals surface area contributed by atoms with Crippen LogP contribution in [0.15, 0.2) is 42.5 Å². The van der Waals surface area contributed by atoms with E-state index < -0.39 is 28.5 Å². The normalized spacial score (nSPS) is 15.2. The van der Waals surface area contributed by atoms with Crippen LogP contribution in [0.5, 0.6) is 0 Å². The lowest BCUT2D eigenvalue weighted by molar-refractivity contribution is -0.139. The van der Waals surface area contributed by atoms with Crippen LogP contribution in [0.3, 0.4) is 0 Å². The Bertz CT molecular complexity index is 1210. The van der Waals surface area contributed by atoms with E-state index in [0.29, 0.717) is 6.42 Å². The molecule has 0 aromatic heterocycles. The van der Waals surface area contributed by atoms with Gasteiger partial charge in [-0.2, -0.15) is 0 Å². The molecule has 1 aliphatic carbocycles. The van der Waals surface area contributed by atoms with Crippen LogP contribution in [0.4, 0.5) is 5.69 Å². The number of rotatable bonds is 10. The fourth-order valence-corrected chi connectivity index (χ4v) is 5.98. The SMILES string of the molecule is CC(C(=O)NC1CCCCC1)N(CCc1ccccc1)C(=O)CN(c1cc(Cl)c(Cl)cc1Cl)S(C)(=O)=O. The highest BCUT2D eigenvalue weighted by Crippen LogP contribution is 2.35. The van der Waals surface area contributed by atoms with Gasteiger partial charge in [0.1, 0.15) is 12.6 Å². The third kappa shape index (κ3) is 8.24. The van der Waals surface area contributed by atoms with Crippen molar-refractivity contribution in [1.29, 1.82) is 0 Å². The van der Waals surface area contributed by atoms with Crippen molar-refractivity contribution in [2.75, 3.05) is 23.7 Å². The Labute approximate surface area is 234 Å². The molecule has 0 saturated heterocycles. The standard InChI is InChI=1S/C26H32Cl3N3O4S/c1-18(26(34)30-20-11-7-4-8-12-20)31(14-13-19-9-5-3-6-10-19)25(33)17-32(37(2,35)36)24-16-22(28)21(27)15-23(24)29/h3,5-6,9-10,15-16,18,20H,4,7-8,11-14,17H2,1-2H3,(H,30,34). The molecule has 1 unspecified atom stereocenters. The monoisotopic (exact) mass is 587 g/mol. The maximum absolute atomic E-state index is 13.6. The number of benzene rings is 2. The molecule has 2 amide bonds. The molecule has 1 fully saturated rings. The Hall–Kier alpha value is -2.00. The molecule has 2 aromatic rings. The van der Waals surface area contributed by atoms with Gasteiger partial charge in [0.25, 0.3) is 0 Å². The molecular formula is C26H32Cl3N3O4S. The Morgan fingerprint density at radius 1 is 1.00 bits per heavy atom. The molecule has 1 atom stereocenters. The smallest absolute Gasteiger partial charge is 0.244 e. The summed E-state index contributed by atoms with van der Waals surface area (Å²) in [5.41, 5.74) is 1.03. The van der Waals surface area contributed by atoms with Gasteiger partial charge in [0.15, 0.2) is 0 Å². The van der Waals surface area contributed by atoms with Crippen molar-refractivity contribution >= 4 is 62.3 Å². The van der Waals surface area contributed by atoms with E-state index >= 15 is 0 Å². The van der Waals surface area contributed by atoms with Crippen LogP contribution in [0, 0.1) is 0 Å². The second kappa shape index (κ2) is 13.2. The summed E-state index contributed by atoms with van der Waals surface area (Å²) in [4.78, 5) is 28.2. The lowest BCUT2D eigenvalue weighted by atomic mass is 9.95. The van der Waals surface area contributed by atoms with Crippen molar-refractivity contribution in [3.05, 3.63) is 63.1 Å². The van der Waals surface area contributed by atoms with Gasteiger partial charge >= 0.3 is 0 Å². The molecule has 37 heavy (non-hydrogen) atoms. The van der Waals surface area contributed by atoms with E-state index in [4.69, 9.17) is 34.8 Å². The molecule has 1 N–H and O–H groups in total. The predicted octanol–water partition coefficient (Wildman–Crippen LogP) is 5.32. The minimum atomic E-state index is -3.94. The highest BCUT2D eigenvalue weighted by Gasteiger charge is 2.31. The van der Waals surface area contributed by atoms with Crippen molar-refractivity contribution in [3.8, 4) is 0 Å². The van der Waals surface area contributed by atoms with Crippen LogP contribution in [0.1, 0.15) is 44.6 Å². The number of carbonyl (C=O) groups is 2. The van der Waals surface area contributed by atoms with Crippen LogP contribution in [0.2, 0.25) is 15.1 Å². The number of nitrogens with one attached hydrogen (secondary N) is 1. The van der Waals surface area contributed by atoms with Gasteiger partial charge in [0, 0.05) is 12.6 Å². The number of anilines is 1. The quantitative estimate of drug-likeness (QED) is 0.381. The first kappa shape index (κ1) is 29.6. The van der Waals surface area contributed by atoms with Gasteiger partial charge in [-0.15, -0.1) is 0 Å². The van der Waals surface area contributed by atoms with Crippen LogP contribution in [0.25, 0.3) is 0 Å². The average molecular weight is 589 g/mol. The fraction of sp³-hybridized carbons (Fsp3) is 0.462. The molecule has 1 aliphatic rings. The largest absolute Gasteiger partial charge is 0.352 e. The summed E-state index contributed by atoms with van der Waals surface area (Å²) in [6.45, 7) is 1.35. The van der Waals surface area contributed by atoms with Gasteiger partial charge in [0.05, 0.1) is 27.0 Å². The topological polar surface area (TPSA) is 86.8 Å². The second-order valence-electron chi connectivity index (χ2n) is 9.33. The van der Waals surface area contributed by atoms with Gasteiger partial charge < -0.3 is 10.2 Å². The minimum Gasteiger partial charge on any atom is -0.352 e. The molecule has 3 rings (SSSR count). The van der Waals surface area contributed by atoms with Gasteiger partial charge in [-0.05, 0) is 43.9 Å². The highest BCUT2D eigenvalue weighted by molar-refractivity contribution is 7.92. The molecule has 11 heteroatoms. The Kier molecular flexibility index (Phi) is 10.5. The lowest BCUT2D eigenvalue weighted by Gasteiger charge is -2.33. The zero-order valence-corrected chi connectivity index (χ0v) is 24.0. The summed E-state index contributed by atoms with van der Waals surface area (Å²) in [5, 5.41) is 3.37. The summed E-state index contributed by atoms with van der Waals surface area (Å²) < 4.78 is 26.3. The van der Waals surface area contributed by atoms with Crippen LogP contribution in [-0.2, 0) is 26.0 Å². The summed E-state index contributed by atoms with van der Waals surface area (Å²) in [6, 6.07) is 11.5. The molecule has 1 saturated carbocycles. The number of amides is 2. The molecular weight excluding hydrogens is 557 g/mol. The Balaban J connectivity index is 1.86. The maximum Gasteiger partial charge on any atom is 0.244 e. The van der Waals surface area contributed by atoms with Gasteiger partial charge in [-0.3, -0.25) is 13.9 Å². The number of hydrogen-bond acceptors (Lipinski definition) is 4. The lowest BCUT2D eigenvalue weighted by Crippen LogP contribution is -2.53. The number of halogens is 3. The fourth-order valence-electron chi connectivity index (χ4n) is 4.44. The molecule has 0 bridgehead atoms. The first-order valence-electron chi connectivity index (χ1n) is 12.2. The van der Waals surface area contributed by atoms with Gasteiger partial charge in [0.2, 0.25) is 21.8 Å². The maximum atomic E-state index is 13.6. The highest BCUT2D eigenvalue weighted by atomic mass is 35.5. The minimum absolute atomic E-state index is 0.0338. The molecule has 0 heterocycles. The predicted molar refractivity (Wildman–Crippen MR) is 150 cm³/mol. The Morgan fingerprint density at radius 2 is 1.62 bits per heavy atom. The van der Waals surface area contributed by atoms with Crippen molar-refractivity contribution in [2.24, 2.45) is 0 Å². The molecule has 7 nitrogen and oxygen atoms in total. The van der Waals surface area contributed by atoms with Gasteiger partial charge in [-0.1, -0.05) is 84.4 Å². The van der Waals surface area contributed by atoms with Crippen molar-refractivity contribution in [1.82, 2.24) is 10.2 Å². The van der Waals surface area contributed by atoms with Crippen LogP contribution >= 0.6 is 34.8 Å². The molecule has 0 aliphatic heterocycles. The van der Waals surface area contributed by atoms with Crippen molar-refractivity contribution in [2.45, 2.75) is 57.5 Å². The number of nitrogens with zero attached hydrogens (tertiary/aromatic N) is 2. The molecule has 2 aromatic carbocycles. The summed E-state index contributed by atoms with van der Waals surface area (Å²) in [5.74, 6) is -0.790.